The summed E-state index contributed by atoms with van der Waals surface area (Å²) in [5, 5.41) is 0. The Bertz CT molecular complexity index is 953. The highest BCUT2D eigenvalue weighted by Gasteiger charge is 2.40. The quantitative estimate of drug-likeness (QED) is 0.566. The molecule has 29 heavy (non-hydrogen) atoms. The van der Waals surface area contributed by atoms with Gasteiger partial charge in [-0.3, -0.25) is 19.4 Å². The molecule has 0 N–H and O–H groups in total. The second-order valence-electron chi connectivity index (χ2n) is 8.33. The van der Waals surface area contributed by atoms with Gasteiger partial charge in [-0.2, -0.15) is 0 Å². The highest BCUT2D eigenvalue weighted by molar-refractivity contribution is 6.33. The van der Waals surface area contributed by atoms with Crippen LogP contribution in [-0.2, 0) is 9.59 Å². The van der Waals surface area contributed by atoms with Gasteiger partial charge in [0.05, 0.1) is 0 Å². The van der Waals surface area contributed by atoms with Crippen molar-refractivity contribution in [1.29, 1.82) is 0 Å². The Morgan fingerprint density at radius 2 is 1.55 bits per heavy atom. The van der Waals surface area contributed by atoms with Crippen molar-refractivity contribution >= 4 is 29.1 Å². The monoisotopic (exact) mass is 393 g/mol. The number of amides is 4. The van der Waals surface area contributed by atoms with E-state index in [1.165, 1.54) is 14.1 Å². The largest absolute Gasteiger partial charge is 0.341 e. The van der Waals surface area contributed by atoms with E-state index in [0.29, 0.717) is 5.57 Å². The van der Waals surface area contributed by atoms with Crippen molar-refractivity contribution < 1.29 is 14.4 Å². The number of hydrogen-bond donors (Lipinski definition) is 0. The second-order valence-corrected chi connectivity index (χ2v) is 8.33. The molecule has 6 heteroatoms. The molecular weight excluding hydrogens is 366 g/mol. The summed E-state index contributed by atoms with van der Waals surface area (Å²) in [5.74, 6) is -1.16. The Hall–Kier alpha value is -3.15. The number of imide groups is 2. The summed E-state index contributed by atoms with van der Waals surface area (Å²) in [5.41, 5.74) is 3.16. The number of benzene rings is 1. The lowest BCUT2D eigenvalue weighted by Crippen LogP contribution is -2.53. The van der Waals surface area contributed by atoms with E-state index in [1.54, 1.807) is 0 Å². The van der Waals surface area contributed by atoms with Crippen molar-refractivity contribution in [2.24, 2.45) is 5.41 Å². The third-order valence-electron chi connectivity index (χ3n) is 5.04. The minimum Gasteiger partial charge on any atom is -0.341 e. The SMILES string of the molecule is CCN1C(/C=C/C(C)(C)C)=CC(=C2C(=O)N(C)C(=O)N(C)C2=O)c2ccccc21. The van der Waals surface area contributed by atoms with Crippen LogP contribution in [-0.4, -0.2) is 48.3 Å². The fourth-order valence-electron chi connectivity index (χ4n) is 3.47. The molecule has 152 valence electrons. The van der Waals surface area contributed by atoms with E-state index in [4.69, 9.17) is 0 Å². The minimum absolute atomic E-state index is 0.0134. The number of rotatable bonds is 2. The van der Waals surface area contributed by atoms with Gasteiger partial charge in [-0.25, -0.2) is 4.79 Å². The van der Waals surface area contributed by atoms with E-state index < -0.39 is 17.8 Å². The average Bonchev–Trinajstić information content (AvgIpc) is 2.68. The molecule has 0 aromatic heterocycles. The Morgan fingerprint density at radius 1 is 0.966 bits per heavy atom. The van der Waals surface area contributed by atoms with Gasteiger partial charge in [0.15, 0.2) is 0 Å². The zero-order valence-corrected chi connectivity index (χ0v) is 17.8. The third kappa shape index (κ3) is 3.62. The molecule has 1 aromatic carbocycles. The van der Waals surface area contributed by atoms with Gasteiger partial charge in [0.25, 0.3) is 11.8 Å². The Balaban J connectivity index is 2.29. The highest BCUT2D eigenvalue weighted by atomic mass is 16.2. The first-order chi connectivity index (χ1) is 13.6. The smallest absolute Gasteiger partial charge is 0.333 e. The summed E-state index contributed by atoms with van der Waals surface area (Å²) in [7, 11) is 2.79. The van der Waals surface area contributed by atoms with E-state index in [2.05, 4.69) is 38.7 Å². The van der Waals surface area contributed by atoms with Gasteiger partial charge >= 0.3 is 6.03 Å². The van der Waals surface area contributed by atoms with Gasteiger partial charge in [-0.05, 0) is 30.6 Å². The number of fused-ring (bicyclic) bond motifs is 1. The molecule has 2 aliphatic heterocycles. The Kier molecular flexibility index (Phi) is 5.22. The molecule has 6 nitrogen and oxygen atoms in total. The number of anilines is 1. The summed E-state index contributed by atoms with van der Waals surface area (Å²) in [4.78, 5) is 42.1. The van der Waals surface area contributed by atoms with Crippen LogP contribution in [0.3, 0.4) is 0 Å². The van der Waals surface area contributed by atoms with Crippen molar-refractivity contribution in [2.75, 3.05) is 25.5 Å². The van der Waals surface area contributed by atoms with Crippen LogP contribution < -0.4 is 4.90 Å². The van der Waals surface area contributed by atoms with E-state index in [-0.39, 0.29) is 11.0 Å². The molecule has 4 amide bonds. The lowest BCUT2D eigenvalue weighted by Gasteiger charge is -2.35. The third-order valence-corrected chi connectivity index (χ3v) is 5.04. The lowest BCUT2D eigenvalue weighted by atomic mass is 9.90. The number of allylic oxidation sites excluding steroid dienone is 4. The van der Waals surface area contributed by atoms with Crippen LogP contribution in [0, 0.1) is 5.41 Å². The molecule has 1 aromatic rings. The van der Waals surface area contributed by atoms with E-state index in [9.17, 15) is 14.4 Å². The second kappa shape index (κ2) is 7.35. The summed E-state index contributed by atoms with van der Waals surface area (Å²) < 4.78 is 0. The van der Waals surface area contributed by atoms with Gasteiger partial charge in [0, 0.05) is 43.2 Å². The number of urea groups is 1. The maximum absolute atomic E-state index is 12.9. The summed E-state index contributed by atoms with van der Waals surface area (Å²) in [6.45, 7) is 9.13. The lowest BCUT2D eigenvalue weighted by molar-refractivity contribution is -0.134. The molecule has 0 aliphatic carbocycles. The number of nitrogens with zero attached hydrogens (tertiary/aromatic N) is 3. The van der Waals surface area contributed by atoms with Crippen molar-refractivity contribution in [3.8, 4) is 0 Å². The molecule has 0 spiro atoms. The normalized spacial score (nSPS) is 18.1. The van der Waals surface area contributed by atoms with Crippen LogP contribution in [0.2, 0.25) is 0 Å². The van der Waals surface area contributed by atoms with Crippen LogP contribution in [0.1, 0.15) is 33.3 Å². The predicted molar refractivity (Wildman–Crippen MR) is 114 cm³/mol. The molecule has 0 unspecified atom stereocenters. The molecule has 0 bridgehead atoms. The maximum Gasteiger partial charge on any atom is 0.333 e. The van der Waals surface area contributed by atoms with Gasteiger partial charge in [0.1, 0.15) is 5.57 Å². The molecule has 3 rings (SSSR count). The molecule has 0 radical (unpaired) electrons. The zero-order valence-electron chi connectivity index (χ0n) is 17.8. The van der Waals surface area contributed by atoms with Crippen molar-refractivity contribution in [2.45, 2.75) is 27.7 Å². The van der Waals surface area contributed by atoms with Crippen molar-refractivity contribution in [3.05, 3.63) is 59.3 Å². The van der Waals surface area contributed by atoms with E-state index in [0.717, 1.165) is 33.3 Å². The van der Waals surface area contributed by atoms with Crippen LogP contribution in [0.5, 0.6) is 0 Å². The van der Waals surface area contributed by atoms with Gasteiger partial charge in [-0.15, -0.1) is 0 Å². The first-order valence-corrected chi connectivity index (χ1v) is 9.69. The van der Waals surface area contributed by atoms with Gasteiger partial charge in [0.2, 0.25) is 0 Å². The number of carbonyl (C=O) groups is 3. The van der Waals surface area contributed by atoms with Crippen LogP contribution in [0.25, 0.3) is 5.57 Å². The number of para-hydroxylation sites is 1. The molecule has 1 fully saturated rings. The van der Waals surface area contributed by atoms with Crippen molar-refractivity contribution in [3.63, 3.8) is 0 Å². The van der Waals surface area contributed by atoms with Crippen molar-refractivity contribution in [1.82, 2.24) is 9.80 Å². The van der Waals surface area contributed by atoms with Gasteiger partial charge in [-0.1, -0.05) is 45.0 Å². The fourth-order valence-corrected chi connectivity index (χ4v) is 3.47. The van der Waals surface area contributed by atoms with Crippen LogP contribution in [0.15, 0.2) is 53.8 Å². The molecule has 2 heterocycles. The predicted octanol–water partition coefficient (Wildman–Crippen LogP) is 3.82. The number of likely N-dealkylation sites (N-methyl/N-ethyl adjacent to an activating group) is 3. The summed E-state index contributed by atoms with van der Waals surface area (Å²) in [6.07, 6.45) is 6.00. The van der Waals surface area contributed by atoms with E-state index >= 15 is 0 Å². The molecular formula is C23H27N3O3. The highest BCUT2D eigenvalue weighted by Crippen LogP contribution is 2.39. The standard InChI is InChI=1S/C23H27N3O3/c1-7-26-15(12-13-23(2,3)4)14-17(16-10-8-9-11-18(16)26)19-20(27)24(5)22(29)25(6)21(19)28/h8-14H,7H2,1-6H3/b13-12+. The molecule has 0 saturated carbocycles. The van der Waals surface area contributed by atoms with Crippen LogP contribution >= 0.6 is 0 Å². The first kappa shape index (κ1) is 20.6. The number of carbonyl (C=O) groups excluding carboxylic acids is 3. The number of hydrogen-bond acceptors (Lipinski definition) is 4. The maximum atomic E-state index is 12.9. The fraction of sp³-hybridized carbons (Fsp3) is 0.348. The molecule has 0 atom stereocenters. The number of barbiturate groups is 1. The Morgan fingerprint density at radius 3 is 2.10 bits per heavy atom. The van der Waals surface area contributed by atoms with Crippen LogP contribution in [0.4, 0.5) is 10.5 Å². The summed E-state index contributed by atoms with van der Waals surface area (Å²) in [6, 6.07) is 7.08. The molecule has 1 saturated heterocycles. The topological polar surface area (TPSA) is 60.9 Å². The summed E-state index contributed by atoms with van der Waals surface area (Å²) >= 11 is 0. The van der Waals surface area contributed by atoms with Gasteiger partial charge < -0.3 is 4.90 Å². The molecule has 2 aliphatic rings. The first-order valence-electron chi connectivity index (χ1n) is 9.69. The minimum atomic E-state index is -0.625. The average molecular weight is 393 g/mol. The van der Waals surface area contributed by atoms with E-state index in [1.807, 2.05) is 36.4 Å². The Labute approximate surface area is 171 Å². The zero-order chi connectivity index (χ0) is 21.5.